The number of hydrogen-bond donors (Lipinski definition) is 2. The van der Waals surface area contributed by atoms with Crippen molar-refractivity contribution < 1.29 is 13.7 Å². The van der Waals surface area contributed by atoms with Crippen molar-refractivity contribution >= 4 is 22.4 Å². The standard InChI is InChI=1S/C12H18N2O3S/c1-9(7-13)18(16)8-12(15)14-10-5-3-4-6-11(10)17-2/h3-6,9H,7-8,13H2,1-2H3,(H,14,15). The summed E-state index contributed by atoms with van der Waals surface area (Å²) in [5.41, 5.74) is 5.97. The number of anilines is 1. The first kappa shape index (κ1) is 14.7. The third-order valence-corrected chi connectivity index (χ3v) is 4.07. The average Bonchev–Trinajstić information content (AvgIpc) is 2.38. The molecule has 1 amide bonds. The second-order valence-electron chi connectivity index (χ2n) is 3.82. The van der Waals surface area contributed by atoms with Gasteiger partial charge in [-0.2, -0.15) is 0 Å². The number of hydrogen-bond acceptors (Lipinski definition) is 4. The van der Waals surface area contributed by atoms with Crippen LogP contribution in [0.2, 0.25) is 0 Å². The number of ether oxygens (including phenoxy) is 1. The summed E-state index contributed by atoms with van der Waals surface area (Å²) < 4.78 is 16.8. The van der Waals surface area contributed by atoms with E-state index < -0.39 is 10.8 Å². The molecular weight excluding hydrogens is 252 g/mol. The van der Waals surface area contributed by atoms with Crippen LogP contribution in [-0.4, -0.2) is 34.8 Å². The zero-order valence-electron chi connectivity index (χ0n) is 10.5. The van der Waals surface area contributed by atoms with E-state index in [9.17, 15) is 9.00 Å². The van der Waals surface area contributed by atoms with Gasteiger partial charge < -0.3 is 15.8 Å². The largest absolute Gasteiger partial charge is 0.495 e. The number of methoxy groups -OCH3 is 1. The highest BCUT2D eigenvalue weighted by Crippen LogP contribution is 2.22. The minimum Gasteiger partial charge on any atom is -0.495 e. The fourth-order valence-electron chi connectivity index (χ4n) is 1.31. The van der Waals surface area contributed by atoms with E-state index in [0.717, 1.165) is 0 Å². The Kier molecular flexibility index (Phi) is 5.80. The maximum absolute atomic E-state index is 11.7. The molecule has 0 radical (unpaired) electrons. The van der Waals surface area contributed by atoms with Crippen LogP contribution in [0.3, 0.4) is 0 Å². The molecule has 100 valence electrons. The summed E-state index contributed by atoms with van der Waals surface area (Å²) in [6.45, 7) is 2.06. The zero-order chi connectivity index (χ0) is 13.5. The third-order valence-electron chi connectivity index (χ3n) is 2.44. The summed E-state index contributed by atoms with van der Waals surface area (Å²) in [6.07, 6.45) is 0. The number of rotatable bonds is 6. The van der Waals surface area contributed by atoms with Crippen LogP contribution in [-0.2, 0) is 15.6 Å². The van der Waals surface area contributed by atoms with Crippen molar-refractivity contribution in [3.8, 4) is 5.75 Å². The summed E-state index contributed by atoms with van der Waals surface area (Å²) in [4.78, 5) is 11.7. The van der Waals surface area contributed by atoms with E-state index in [4.69, 9.17) is 10.5 Å². The summed E-state index contributed by atoms with van der Waals surface area (Å²) in [5.74, 6) is 0.206. The molecule has 0 aliphatic carbocycles. The lowest BCUT2D eigenvalue weighted by atomic mass is 10.3. The van der Waals surface area contributed by atoms with E-state index in [1.807, 2.05) is 6.07 Å². The van der Waals surface area contributed by atoms with Crippen molar-refractivity contribution in [3.63, 3.8) is 0 Å². The van der Waals surface area contributed by atoms with Crippen molar-refractivity contribution in [1.29, 1.82) is 0 Å². The van der Waals surface area contributed by atoms with Crippen LogP contribution in [0.5, 0.6) is 5.75 Å². The summed E-state index contributed by atoms with van der Waals surface area (Å²) in [5, 5.41) is 2.49. The molecule has 0 heterocycles. The lowest BCUT2D eigenvalue weighted by Crippen LogP contribution is -2.29. The Morgan fingerprint density at radius 3 is 2.78 bits per heavy atom. The first-order valence-electron chi connectivity index (χ1n) is 5.58. The van der Waals surface area contributed by atoms with Gasteiger partial charge in [0.25, 0.3) is 0 Å². The zero-order valence-corrected chi connectivity index (χ0v) is 11.3. The van der Waals surface area contributed by atoms with Crippen LogP contribution in [0, 0.1) is 0 Å². The van der Waals surface area contributed by atoms with Crippen molar-refractivity contribution in [1.82, 2.24) is 0 Å². The molecule has 5 nitrogen and oxygen atoms in total. The number of carbonyl (C=O) groups is 1. The lowest BCUT2D eigenvalue weighted by molar-refractivity contribution is -0.113. The van der Waals surface area contributed by atoms with Crippen LogP contribution in [0.1, 0.15) is 6.92 Å². The summed E-state index contributed by atoms with van der Waals surface area (Å²) in [6, 6.07) is 7.07. The van der Waals surface area contributed by atoms with Gasteiger partial charge in [-0.1, -0.05) is 12.1 Å². The molecule has 0 aliphatic heterocycles. The van der Waals surface area contributed by atoms with Gasteiger partial charge in [-0.15, -0.1) is 0 Å². The first-order valence-corrected chi connectivity index (χ1v) is 6.96. The maximum atomic E-state index is 11.7. The quantitative estimate of drug-likeness (QED) is 0.798. The van der Waals surface area contributed by atoms with Gasteiger partial charge in [0.1, 0.15) is 11.5 Å². The van der Waals surface area contributed by atoms with Gasteiger partial charge >= 0.3 is 0 Å². The SMILES string of the molecule is COc1ccccc1NC(=O)CS(=O)C(C)CN. The molecule has 1 aromatic rings. The van der Waals surface area contributed by atoms with Crippen LogP contribution >= 0.6 is 0 Å². The topological polar surface area (TPSA) is 81.4 Å². The summed E-state index contributed by atoms with van der Waals surface area (Å²) >= 11 is 0. The molecule has 0 saturated heterocycles. The predicted octanol–water partition coefficient (Wildman–Crippen LogP) is 0.730. The van der Waals surface area contributed by atoms with E-state index in [1.165, 1.54) is 7.11 Å². The molecule has 18 heavy (non-hydrogen) atoms. The van der Waals surface area contributed by atoms with Gasteiger partial charge in [0.05, 0.1) is 12.8 Å². The molecule has 0 aliphatic rings. The normalized spacial score (nSPS) is 13.7. The number of nitrogens with one attached hydrogen (secondary N) is 1. The van der Waals surface area contributed by atoms with E-state index in [-0.39, 0.29) is 16.9 Å². The Labute approximate surface area is 109 Å². The van der Waals surface area contributed by atoms with Crippen molar-refractivity contribution in [2.24, 2.45) is 5.73 Å². The number of amides is 1. The molecule has 0 saturated carbocycles. The second-order valence-corrected chi connectivity index (χ2v) is 5.67. The molecule has 2 atom stereocenters. The Morgan fingerprint density at radius 1 is 1.50 bits per heavy atom. The molecule has 0 fully saturated rings. The van der Waals surface area contributed by atoms with Gasteiger partial charge in [-0.25, -0.2) is 0 Å². The molecule has 1 aromatic carbocycles. The molecule has 2 unspecified atom stereocenters. The summed E-state index contributed by atoms with van der Waals surface area (Å²) in [7, 11) is 0.272. The highest BCUT2D eigenvalue weighted by Gasteiger charge is 2.14. The number of carbonyl (C=O) groups excluding carboxylic acids is 1. The first-order chi connectivity index (χ1) is 8.58. The van der Waals surface area contributed by atoms with Crippen LogP contribution < -0.4 is 15.8 Å². The van der Waals surface area contributed by atoms with E-state index in [0.29, 0.717) is 18.0 Å². The minimum atomic E-state index is -1.25. The van der Waals surface area contributed by atoms with E-state index >= 15 is 0 Å². The maximum Gasteiger partial charge on any atom is 0.237 e. The molecule has 3 N–H and O–H groups in total. The number of para-hydroxylation sites is 2. The second kappa shape index (κ2) is 7.13. The number of nitrogens with two attached hydrogens (primary N) is 1. The van der Waals surface area contributed by atoms with Crippen molar-refractivity contribution in [3.05, 3.63) is 24.3 Å². The fraction of sp³-hybridized carbons (Fsp3) is 0.417. The third kappa shape index (κ3) is 4.12. The Balaban J connectivity index is 2.62. The Bertz CT molecular complexity index is 437. The van der Waals surface area contributed by atoms with Crippen molar-refractivity contribution in [2.75, 3.05) is 24.7 Å². The van der Waals surface area contributed by atoms with Crippen molar-refractivity contribution in [2.45, 2.75) is 12.2 Å². The molecule has 0 aromatic heterocycles. The Hall–Kier alpha value is -1.40. The average molecular weight is 270 g/mol. The van der Waals surface area contributed by atoms with Gasteiger partial charge in [-0.05, 0) is 19.1 Å². The van der Waals surface area contributed by atoms with Crippen LogP contribution in [0.15, 0.2) is 24.3 Å². The van der Waals surface area contributed by atoms with Gasteiger partial charge in [0.15, 0.2) is 0 Å². The van der Waals surface area contributed by atoms with E-state index in [2.05, 4.69) is 5.32 Å². The van der Waals surface area contributed by atoms with Gasteiger partial charge in [0, 0.05) is 22.6 Å². The molecule has 1 rings (SSSR count). The van der Waals surface area contributed by atoms with Gasteiger partial charge in [0.2, 0.25) is 5.91 Å². The highest BCUT2D eigenvalue weighted by atomic mass is 32.2. The van der Waals surface area contributed by atoms with Crippen LogP contribution in [0.25, 0.3) is 0 Å². The smallest absolute Gasteiger partial charge is 0.237 e. The van der Waals surface area contributed by atoms with E-state index in [1.54, 1.807) is 25.1 Å². The highest BCUT2D eigenvalue weighted by molar-refractivity contribution is 7.86. The monoisotopic (exact) mass is 270 g/mol. The fourth-order valence-corrected chi connectivity index (χ4v) is 2.14. The molecular formula is C12H18N2O3S. The predicted molar refractivity (Wildman–Crippen MR) is 73.1 cm³/mol. The molecule has 0 bridgehead atoms. The molecule has 0 spiro atoms. The number of benzene rings is 1. The lowest BCUT2D eigenvalue weighted by Gasteiger charge is -2.11. The Morgan fingerprint density at radius 2 is 2.17 bits per heavy atom. The minimum absolute atomic E-state index is 0.0591. The van der Waals surface area contributed by atoms with Gasteiger partial charge in [-0.3, -0.25) is 9.00 Å². The van der Waals surface area contributed by atoms with Crippen LogP contribution in [0.4, 0.5) is 5.69 Å². The molecule has 6 heteroatoms.